The minimum atomic E-state index is -0.565. The fraction of sp³-hybridized carbons (Fsp3) is 0.571. The van der Waals surface area contributed by atoms with Crippen molar-refractivity contribution in [3.8, 4) is 0 Å². The number of halogens is 2. The van der Waals surface area contributed by atoms with E-state index in [-0.39, 0.29) is 24.9 Å². The van der Waals surface area contributed by atoms with E-state index in [1.54, 1.807) is 4.90 Å². The first kappa shape index (κ1) is 14.2. The third kappa shape index (κ3) is 3.04. The Bertz CT molecular complexity index is 414. The second-order valence-electron chi connectivity index (χ2n) is 4.97. The molecule has 1 heterocycles. The molecule has 3 N–H and O–H groups in total. The van der Waals surface area contributed by atoms with E-state index in [1.807, 2.05) is 0 Å². The maximum Gasteiger partial charge on any atom is 0.149 e. The van der Waals surface area contributed by atoms with Crippen LogP contribution in [0.5, 0.6) is 0 Å². The molecule has 19 heavy (non-hydrogen) atoms. The molecule has 106 valence electrons. The zero-order valence-electron chi connectivity index (χ0n) is 10.9. The van der Waals surface area contributed by atoms with Crippen LogP contribution in [0.15, 0.2) is 12.1 Å². The third-order valence-electron chi connectivity index (χ3n) is 3.69. The Kier molecular flexibility index (Phi) is 4.71. The number of aliphatic hydroxyl groups is 1. The van der Waals surface area contributed by atoms with E-state index in [0.29, 0.717) is 18.5 Å². The molecule has 2 rings (SSSR count). The van der Waals surface area contributed by atoms with Crippen LogP contribution in [0.3, 0.4) is 0 Å². The summed E-state index contributed by atoms with van der Waals surface area (Å²) in [5.41, 5.74) is 5.89. The molecule has 1 atom stereocenters. The molecule has 1 saturated heterocycles. The summed E-state index contributed by atoms with van der Waals surface area (Å²) in [5, 5.41) is 9.07. The van der Waals surface area contributed by atoms with Gasteiger partial charge in [0.05, 0.1) is 0 Å². The quantitative estimate of drug-likeness (QED) is 0.881. The first-order valence-electron chi connectivity index (χ1n) is 6.73. The molecular weight excluding hydrogens is 250 g/mol. The average molecular weight is 270 g/mol. The number of rotatable bonds is 4. The molecule has 1 aliphatic heterocycles. The van der Waals surface area contributed by atoms with Gasteiger partial charge in [0.2, 0.25) is 0 Å². The topological polar surface area (TPSA) is 49.5 Å². The number of nitrogens with zero attached hydrogens (tertiary/aromatic N) is 1. The summed E-state index contributed by atoms with van der Waals surface area (Å²) in [4.78, 5) is 1.75. The van der Waals surface area contributed by atoms with Gasteiger partial charge in [-0.3, -0.25) is 0 Å². The van der Waals surface area contributed by atoms with Crippen molar-refractivity contribution in [3.63, 3.8) is 0 Å². The van der Waals surface area contributed by atoms with E-state index in [9.17, 15) is 8.78 Å². The standard InChI is InChI=1S/C14H20F2N2O/c15-12-7-10(9-17)8-13(16)14(12)18-5-2-1-3-11(18)4-6-19/h7-8,11,19H,1-6,9,17H2. The van der Waals surface area contributed by atoms with E-state index >= 15 is 0 Å². The van der Waals surface area contributed by atoms with Gasteiger partial charge in [-0.25, -0.2) is 8.78 Å². The zero-order valence-corrected chi connectivity index (χ0v) is 10.9. The highest BCUT2D eigenvalue weighted by Gasteiger charge is 2.27. The number of piperidine rings is 1. The van der Waals surface area contributed by atoms with Gasteiger partial charge in [0.15, 0.2) is 0 Å². The molecule has 0 radical (unpaired) electrons. The van der Waals surface area contributed by atoms with Crippen molar-refractivity contribution in [1.82, 2.24) is 0 Å². The van der Waals surface area contributed by atoms with Gasteiger partial charge < -0.3 is 15.7 Å². The van der Waals surface area contributed by atoms with Crippen LogP contribution in [-0.4, -0.2) is 24.3 Å². The molecule has 1 unspecified atom stereocenters. The van der Waals surface area contributed by atoms with Crippen molar-refractivity contribution < 1.29 is 13.9 Å². The van der Waals surface area contributed by atoms with Crippen molar-refractivity contribution in [1.29, 1.82) is 0 Å². The van der Waals surface area contributed by atoms with E-state index in [0.717, 1.165) is 19.3 Å². The van der Waals surface area contributed by atoms with Crippen LogP contribution >= 0.6 is 0 Å². The maximum atomic E-state index is 14.1. The normalized spacial score (nSPS) is 19.8. The van der Waals surface area contributed by atoms with Gasteiger partial charge in [-0.2, -0.15) is 0 Å². The van der Waals surface area contributed by atoms with Gasteiger partial charge in [0.1, 0.15) is 17.3 Å². The Balaban J connectivity index is 2.33. The van der Waals surface area contributed by atoms with Gasteiger partial charge in [0, 0.05) is 25.7 Å². The number of benzene rings is 1. The Labute approximate surface area is 112 Å². The van der Waals surface area contributed by atoms with Crippen LogP contribution in [0, 0.1) is 11.6 Å². The molecule has 1 fully saturated rings. The first-order chi connectivity index (χ1) is 9.17. The molecule has 3 nitrogen and oxygen atoms in total. The molecule has 1 aromatic rings. The van der Waals surface area contributed by atoms with Gasteiger partial charge in [-0.15, -0.1) is 0 Å². The van der Waals surface area contributed by atoms with Gasteiger partial charge in [-0.05, 0) is 43.4 Å². The predicted octanol–water partition coefficient (Wildman–Crippen LogP) is 2.16. The number of nitrogens with two attached hydrogens (primary N) is 1. The summed E-state index contributed by atoms with van der Waals surface area (Å²) in [7, 11) is 0. The number of aliphatic hydroxyl groups excluding tert-OH is 1. The zero-order chi connectivity index (χ0) is 13.8. The number of hydrogen-bond donors (Lipinski definition) is 2. The summed E-state index contributed by atoms with van der Waals surface area (Å²) in [5.74, 6) is -1.13. The molecule has 0 amide bonds. The van der Waals surface area contributed by atoms with Crippen molar-refractivity contribution in [2.75, 3.05) is 18.1 Å². The Hall–Kier alpha value is -1.20. The lowest BCUT2D eigenvalue weighted by molar-refractivity contribution is 0.261. The van der Waals surface area contributed by atoms with Gasteiger partial charge >= 0.3 is 0 Å². The second-order valence-corrected chi connectivity index (χ2v) is 4.97. The van der Waals surface area contributed by atoms with Gasteiger partial charge in [0.25, 0.3) is 0 Å². The lowest BCUT2D eigenvalue weighted by Gasteiger charge is -2.37. The van der Waals surface area contributed by atoms with Gasteiger partial charge in [-0.1, -0.05) is 0 Å². The monoisotopic (exact) mass is 270 g/mol. The third-order valence-corrected chi connectivity index (χ3v) is 3.69. The largest absolute Gasteiger partial charge is 0.396 e. The van der Waals surface area contributed by atoms with Crippen LogP contribution in [-0.2, 0) is 6.54 Å². The molecule has 1 aliphatic rings. The fourth-order valence-corrected chi connectivity index (χ4v) is 2.75. The van der Waals surface area contributed by atoms with E-state index in [2.05, 4.69) is 0 Å². The fourth-order valence-electron chi connectivity index (χ4n) is 2.75. The molecule has 0 aromatic heterocycles. The van der Waals surface area contributed by atoms with Crippen LogP contribution in [0.4, 0.5) is 14.5 Å². The molecule has 0 bridgehead atoms. The van der Waals surface area contributed by atoms with Crippen LogP contribution in [0.2, 0.25) is 0 Å². The molecular formula is C14H20F2N2O. The smallest absolute Gasteiger partial charge is 0.149 e. The van der Waals surface area contributed by atoms with Crippen molar-refractivity contribution in [3.05, 3.63) is 29.3 Å². The lowest BCUT2D eigenvalue weighted by atomic mass is 9.98. The maximum absolute atomic E-state index is 14.1. The Morgan fingerprint density at radius 3 is 2.53 bits per heavy atom. The van der Waals surface area contributed by atoms with Crippen LogP contribution in [0.25, 0.3) is 0 Å². The molecule has 5 heteroatoms. The number of hydrogen-bond acceptors (Lipinski definition) is 3. The minimum absolute atomic E-state index is 0.00600. The second kappa shape index (κ2) is 6.30. The summed E-state index contributed by atoms with van der Waals surface area (Å²) in [6.45, 7) is 0.778. The summed E-state index contributed by atoms with van der Waals surface area (Å²) in [6.07, 6.45) is 3.35. The van der Waals surface area contributed by atoms with Crippen molar-refractivity contribution in [2.24, 2.45) is 5.73 Å². The highest BCUT2D eigenvalue weighted by molar-refractivity contribution is 5.52. The Morgan fingerprint density at radius 2 is 1.95 bits per heavy atom. The SMILES string of the molecule is NCc1cc(F)c(N2CCCCC2CCO)c(F)c1. The van der Waals surface area contributed by atoms with E-state index in [4.69, 9.17) is 10.8 Å². The predicted molar refractivity (Wildman–Crippen MR) is 70.9 cm³/mol. The van der Waals surface area contributed by atoms with Crippen molar-refractivity contribution in [2.45, 2.75) is 38.3 Å². The summed E-state index contributed by atoms with van der Waals surface area (Å²) >= 11 is 0. The molecule has 0 aliphatic carbocycles. The van der Waals surface area contributed by atoms with E-state index < -0.39 is 11.6 Å². The number of anilines is 1. The van der Waals surface area contributed by atoms with Crippen LogP contribution in [0.1, 0.15) is 31.2 Å². The highest BCUT2D eigenvalue weighted by Crippen LogP contribution is 2.31. The highest BCUT2D eigenvalue weighted by atomic mass is 19.1. The molecule has 0 spiro atoms. The van der Waals surface area contributed by atoms with E-state index in [1.165, 1.54) is 12.1 Å². The lowest BCUT2D eigenvalue weighted by Crippen LogP contribution is -2.41. The summed E-state index contributed by atoms with van der Waals surface area (Å²) < 4.78 is 28.2. The molecule has 0 saturated carbocycles. The Morgan fingerprint density at radius 1 is 1.26 bits per heavy atom. The first-order valence-corrected chi connectivity index (χ1v) is 6.73. The van der Waals surface area contributed by atoms with Crippen molar-refractivity contribution >= 4 is 5.69 Å². The van der Waals surface area contributed by atoms with Crippen LogP contribution < -0.4 is 10.6 Å². The summed E-state index contributed by atoms with van der Waals surface area (Å²) in [6, 6.07) is 2.60. The minimum Gasteiger partial charge on any atom is -0.396 e. The molecule has 1 aromatic carbocycles. The average Bonchev–Trinajstić information content (AvgIpc) is 2.40.